The van der Waals surface area contributed by atoms with Crippen LogP contribution < -0.4 is 5.32 Å². The minimum atomic E-state index is -0.0137. The van der Waals surface area contributed by atoms with Gasteiger partial charge >= 0.3 is 0 Å². The Morgan fingerprint density at radius 2 is 1.97 bits per heavy atom. The first-order chi connectivity index (χ1) is 14.9. The van der Waals surface area contributed by atoms with Crippen molar-refractivity contribution < 1.29 is 4.79 Å². The van der Waals surface area contributed by atoms with Crippen LogP contribution in [0.25, 0.3) is 10.9 Å². The van der Waals surface area contributed by atoms with Crippen molar-refractivity contribution in [3.8, 4) is 0 Å². The number of nitrogens with one attached hydrogen (secondary N) is 2. The van der Waals surface area contributed by atoms with E-state index in [1.54, 1.807) is 0 Å². The highest BCUT2D eigenvalue weighted by Gasteiger charge is 2.23. The van der Waals surface area contributed by atoms with Gasteiger partial charge in [0.15, 0.2) is 0 Å². The molecule has 5 heteroatoms. The van der Waals surface area contributed by atoms with Gasteiger partial charge in [0.05, 0.1) is 0 Å². The molecule has 31 heavy (non-hydrogen) atoms. The molecule has 0 spiro atoms. The highest BCUT2D eigenvalue weighted by atomic mass is 35.5. The number of anilines is 1. The van der Waals surface area contributed by atoms with Gasteiger partial charge in [-0.05, 0) is 86.1 Å². The lowest BCUT2D eigenvalue weighted by atomic mass is 9.89. The van der Waals surface area contributed by atoms with Crippen LogP contribution in [0.5, 0.6) is 0 Å². The fraction of sp³-hybridized carbons (Fsp3) is 0.423. The number of rotatable bonds is 6. The molecule has 0 unspecified atom stereocenters. The Kier molecular flexibility index (Phi) is 6.68. The van der Waals surface area contributed by atoms with E-state index in [9.17, 15) is 4.79 Å². The van der Waals surface area contributed by atoms with Crippen LogP contribution in [0.15, 0.2) is 42.6 Å². The Labute approximate surface area is 190 Å². The molecule has 1 aromatic heterocycles. The quantitative estimate of drug-likeness (QED) is 0.486. The zero-order valence-electron chi connectivity index (χ0n) is 18.7. The maximum Gasteiger partial charge on any atom is 0.226 e. The van der Waals surface area contributed by atoms with E-state index in [1.807, 2.05) is 32.0 Å². The van der Waals surface area contributed by atoms with Gasteiger partial charge in [0.2, 0.25) is 5.91 Å². The molecule has 1 fully saturated rings. The monoisotopic (exact) mass is 437 g/mol. The number of piperidine rings is 1. The summed E-state index contributed by atoms with van der Waals surface area (Å²) in [4.78, 5) is 18.0. The Morgan fingerprint density at radius 1 is 1.19 bits per heavy atom. The van der Waals surface area contributed by atoms with E-state index in [1.165, 1.54) is 34.9 Å². The van der Waals surface area contributed by atoms with E-state index in [2.05, 4.69) is 46.5 Å². The number of aromatic nitrogens is 1. The maximum atomic E-state index is 12.0. The molecular weight excluding hydrogens is 406 g/mol. The van der Waals surface area contributed by atoms with Crippen molar-refractivity contribution in [2.24, 2.45) is 5.92 Å². The third-order valence-corrected chi connectivity index (χ3v) is 6.78. The minimum absolute atomic E-state index is 0.0137. The lowest BCUT2D eigenvalue weighted by Gasteiger charge is -2.32. The topological polar surface area (TPSA) is 48.1 Å². The summed E-state index contributed by atoms with van der Waals surface area (Å²) in [6, 6.07) is 12.4. The van der Waals surface area contributed by atoms with Gasteiger partial charge in [0.25, 0.3) is 0 Å². The summed E-state index contributed by atoms with van der Waals surface area (Å²) in [5.74, 6) is 0.652. The van der Waals surface area contributed by atoms with Crippen molar-refractivity contribution in [2.75, 3.05) is 25.0 Å². The third-order valence-electron chi connectivity index (χ3n) is 6.54. The number of aromatic amines is 1. The third kappa shape index (κ3) is 5.13. The predicted molar refractivity (Wildman–Crippen MR) is 130 cm³/mol. The molecule has 0 aliphatic carbocycles. The lowest BCUT2D eigenvalue weighted by molar-refractivity contribution is -0.118. The number of aryl methyl sites for hydroxylation is 1. The second-order valence-electron chi connectivity index (χ2n) is 9.09. The van der Waals surface area contributed by atoms with Gasteiger partial charge < -0.3 is 15.2 Å². The second kappa shape index (κ2) is 9.46. The number of hydrogen-bond acceptors (Lipinski definition) is 2. The number of amides is 1. The normalized spacial score (nSPS) is 15.6. The average molecular weight is 438 g/mol. The number of likely N-dealkylation sites (tertiary alicyclic amines) is 1. The van der Waals surface area contributed by atoms with E-state index in [0.717, 1.165) is 42.3 Å². The number of halogens is 1. The summed E-state index contributed by atoms with van der Waals surface area (Å²) in [6.07, 6.45) is 5.53. The molecule has 0 bridgehead atoms. The molecule has 1 amide bonds. The molecule has 2 heterocycles. The van der Waals surface area contributed by atoms with E-state index in [0.29, 0.717) is 5.92 Å². The van der Waals surface area contributed by atoms with Crippen LogP contribution in [0.2, 0.25) is 5.02 Å². The first-order valence-corrected chi connectivity index (χ1v) is 11.7. The SMILES string of the molecule is Cc1ccc(NC(=O)C(C)C)cc1CCN1CCC(c2c[nH]c3cc(Cl)ccc23)CC1. The van der Waals surface area contributed by atoms with Gasteiger partial charge in [-0.15, -0.1) is 0 Å². The van der Waals surface area contributed by atoms with Gasteiger partial charge in [0, 0.05) is 40.3 Å². The smallest absolute Gasteiger partial charge is 0.226 e. The minimum Gasteiger partial charge on any atom is -0.361 e. The number of nitrogens with zero attached hydrogens (tertiary/aromatic N) is 1. The number of carbonyl (C=O) groups excluding carboxylic acids is 1. The molecule has 0 atom stereocenters. The summed E-state index contributed by atoms with van der Waals surface area (Å²) >= 11 is 6.13. The maximum absolute atomic E-state index is 12.0. The zero-order valence-corrected chi connectivity index (χ0v) is 19.4. The van der Waals surface area contributed by atoms with Gasteiger partial charge in [-0.25, -0.2) is 0 Å². The molecule has 2 aromatic carbocycles. The number of carbonyl (C=O) groups is 1. The van der Waals surface area contributed by atoms with Crippen molar-refractivity contribution in [2.45, 2.75) is 46.0 Å². The molecule has 1 aliphatic heterocycles. The molecule has 1 saturated heterocycles. The van der Waals surface area contributed by atoms with Crippen LogP contribution in [0.1, 0.15) is 49.3 Å². The van der Waals surface area contributed by atoms with E-state index in [4.69, 9.17) is 11.6 Å². The van der Waals surface area contributed by atoms with Crippen molar-refractivity contribution in [1.29, 1.82) is 0 Å². The van der Waals surface area contributed by atoms with E-state index >= 15 is 0 Å². The van der Waals surface area contributed by atoms with Crippen molar-refractivity contribution >= 4 is 34.1 Å². The highest BCUT2D eigenvalue weighted by molar-refractivity contribution is 6.31. The van der Waals surface area contributed by atoms with E-state index in [-0.39, 0.29) is 11.8 Å². The molecule has 0 saturated carbocycles. The number of fused-ring (bicyclic) bond motifs is 1. The predicted octanol–water partition coefficient (Wildman–Crippen LogP) is 6.15. The standard InChI is InChI=1S/C26H32ClN3O/c1-17(2)26(31)29-22-6-4-18(3)20(14-22)10-13-30-11-8-19(9-12-30)24-16-28-25-15-21(27)5-7-23(24)25/h4-7,14-17,19,28H,8-13H2,1-3H3,(H,29,31). The molecule has 1 aliphatic rings. The summed E-state index contributed by atoms with van der Waals surface area (Å²) in [6.45, 7) is 9.28. The number of H-pyrrole nitrogens is 1. The Hall–Kier alpha value is -2.30. The van der Waals surface area contributed by atoms with Crippen LogP contribution >= 0.6 is 11.6 Å². The molecule has 3 aromatic rings. The summed E-state index contributed by atoms with van der Waals surface area (Å²) in [7, 11) is 0. The van der Waals surface area contributed by atoms with Crippen molar-refractivity contribution in [3.63, 3.8) is 0 Å². The largest absolute Gasteiger partial charge is 0.361 e. The fourth-order valence-corrected chi connectivity index (χ4v) is 4.68. The molecular formula is C26H32ClN3O. The van der Waals surface area contributed by atoms with Gasteiger partial charge in [-0.3, -0.25) is 4.79 Å². The van der Waals surface area contributed by atoms with Crippen LogP contribution in [0.3, 0.4) is 0 Å². The molecule has 164 valence electrons. The second-order valence-corrected chi connectivity index (χ2v) is 9.52. The van der Waals surface area contributed by atoms with E-state index < -0.39 is 0 Å². The first kappa shape index (κ1) is 21.9. The zero-order chi connectivity index (χ0) is 22.0. The Morgan fingerprint density at radius 3 is 2.71 bits per heavy atom. The fourth-order valence-electron chi connectivity index (χ4n) is 4.51. The van der Waals surface area contributed by atoms with Gasteiger partial charge in [-0.2, -0.15) is 0 Å². The van der Waals surface area contributed by atoms with Crippen molar-refractivity contribution in [3.05, 3.63) is 64.3 Å². The highest BCUT2D eigenvalue weighted by Crippen LogP contribution is 2.34. The van der Waals surface area contributed by atoms with Crippen LogP contribution in [0.4, 0.5) is 5.69 Å². The molecule has 0 radical (unpaired) electrons. The molecule has 4 rings (SSSR count). The van der Waals surface area contributed by atoms with Crippen LogP contribution in [0, 0.1) is 12.8 Å². The Balaban J connectivity index is 1.33. The summed E-state index contributed by atoms with van der Waals surface area (Å²) in [5, 5.41) is 5.10. The summed E-state index contributed by atoms with van der Waals surface area (Å²) in [5.41, 5.74) is 6.06. The molecule has 2 N–H and O–H groups in total. The Bertz CT molecular complexity index is 1060. The van der Waals surface area contributed by atoms with Crippen LogP contribution in [-0.4, -0.2) is 35.4 Å². The average Bonchev–Trinajstić information content (AvgIpc) is 3.17. The number of hydrogen-bond donors (Lipinski definition) is 2. The lowest BCUT2D eigenvalue weighted by Crippen LogP contribution is -2.34. The van der Waals surface area contributed by atoms with Crippen molar-refractivity contribution in [1.82, 2.24) is 9.88 Å². The molecule has 4 nitrogen and oxygen atoms in total. The summed E-state index contributed by atoms with van der Waals surface area (Å²) < 4.78 is 0. The van der Waals surface area contributed by atoms with Crippen LogP contribution in [-0.2, 0) is 11.2 Å². The van der Waals surface area contributed by atoms with Gasteiger partial charge in [0.1, 0.15) is 0 Å². The van der Waals surface area contributed by atoms with Gasteiger partial charge in [-0.1, -0.05) is 37.6 Å². The first-order valence-electron chi connectivity index (χ1n) is 11.3. The number of benzene rings is 2.